The van der Waals surface area contributed by atoms with Gasteiger partial charge in [-0.05, 0) is 48.4 Å². The van der Waals surface area contributed by atoms with Crippen molar-refractivity contribution in [3.05, 3.63) is 59.4 Å². The molecule has 1 aromatic heterocycles. The number of pyridine rings is 1. The molecule has 1 atom stereocenters. The van der Waals surface area contributed by atoms with E-state index in [0.29, 0.717) is 30.1 Å². The number of amides is 2. The standard InChI is InChI=1S/C17H16ClN3O2/c18-13-1-3-14(4-2-13)21-15(5-6-16(21)22)17(23)20-11-12-7-9-19-10-8-12/h1-4,7-10,15H,5-6,11H2,(H,20,23). The first-order chi connectivity index (χ1) is 11.1. The van der Waals surface area contributed by atoms with E-state index in [1.165, 1.54) is 0 Å². The van der Waals surface area contributed by atoms with E-state index < -0.39 is 6.04 Å². The Balaban J connectivity index is 1.71. The highest BCUT2D eigenvalue weighted by Crippen LogP contribution is 2.27. The highest BCUT2D eigenvalue weighted by atomic mass is 35.5. The minimum Gasteiger partial charge on any atom is -0.350 e. The van der Waals surface area contributed by atoms with E-state index in [9.17, 15) is 9.59 Å². The summed E-state index contributed by atoms with van der Waals surface area (Å²) in [7, 11) is 0. The molecule has 1 N–H and O–H groups in total. The summed E-state index contributed by atoms with van der Waals surface area (Å²) in [6.07, 6.45) is 4.25. The lowest BCUT2D eigenvalue weighted by atomic mass is 10.2. The topological polar surface area (TPSA) is 62.3 Å². The molecule has 1 aliphatic rings. The molecule has 0 aliphatic carbocycles. The van der Waals surface area contributed by atoms with Gasteiger partial charge in [-0.2, -0.15) is 0 Å². The maximum absolute atomic E-state index is 12.5. The fraction of sp³-hybridized carbons (Fsp3) is 0.235. The van der Waals surface area contributed by atoms with Crippen molar-refractivity contribution in [2.45, 2.75) is 25.4 Å². The van der Waals surface area contributed by atoms with Crippen LogP contribution in [-0.2, 0) is 16.1 Å². The van der Waals surface area contributed by atoms with Crippen LogP contribution < -0.4 is 10.2 Å². The molecule has 5 nitrogen and oxygen atoms in total. The molecular weight excluding hydrogens is 314 g/mol. The van der Waals surface area contributed by atoms with Crippen molar-refractivity contribution >= 4 is 29.1 Å². The smallest absolute Gasteiger partial charge is 0.243 e. The van der Waals surface area contributed by atoms with Crippen LogP contribution in [0.2, 0.25) is 5.02 Å². The molecule has 1 aromatic carbocycles. The second kappa shape index (κ2) is 6.79. The van der Waals surface area contributed by atoms with Gasteiger partial charge in [0, 0.05) is 36.1 Å². The zero-order valence-electron chi connectivity index (χ0n) is 12.4. The Morgan fingerprint density at radius 3 is 2.61 bits per heavy atom. The SMILES string of the molecule is O=C(NCc1ccncc1)C1CCC(=O)N1c1ccc(Cl)cc1. The highest BCUT2D eigenvalue weighted by Gasteiger charge is 2.36. The number of nitrogens with one attached hydrogen (secondary N) is 1. The van der Waals surface area contributed by atoms with Crippen LogP contribution in [0, 0.1) is 0 Å². The number of anilines is 1. The fourth-order valence-corrected chi connectivity index (χ4v) is 2.79. The van der Waals surface area contributed by atoms with Gasteiger partial charge in [0.1, 0.15) is 6.04 Å². The number of carbonyl (C=O) groups excluding carboxylic acids is 2. The van der Waals surface area contributed by atoms with Gasteiger partial charge in [0.25, 0.3) is 0 Å². The lowest BCUT2D eigenvalue weighted by molar-refractivity contribution is -0.124. The Kier molecular flexibility index (Phi) is 4.57. The molecule has 0 bridgehead atoms. The zero-order chi connectivity index (χ0) is 16.2. The Morgan fingerprint density at radius 2 is 1.91 bits per heavy atom. The van der Waals surface area contributed by atoms with Crippen molar-refractivity contribution in [1.82, 2.24) is 10.3 Å². The van der Waals surface area contributed by atoms with Crippen molar-refractivity contribution in [3.8, 4) is 0 Å². The Hall–Kier alpha value is -2.40. The first-order valence-corrected chi connectivity index (χ1v) is 7.77. The maximum atomic E-state index is 12.5. The van der Waals surface area contributed by atoms with E-state index in [1.54, 1.807) is 41.6 Å². The fourth-order valence-electron chi connectivity index (χ4n) is 2.67. The van der Waals surface area contributed by atoms with Gasteiger partial charge in [-0.15, -0.1) is 0 Å². The minimum absolute atomic E-state index is 0.0450. The van der Waals surface area contributed by atoms with E-state index in [1.807, 2.05) is 12.1 Å². The van der Waals surface area contributed by atoms with Crippen LogP contribution in [0.3, 0.4) is 0 Å². The Bertz CT molecular complexity index is 704. The summed E-state index contributed by atoms with van der Waals surface area (Å²) >= 11 is 5.88. The minimum atomic E-state index is -0.481. The van der Waals surface area contributed by atoms with Gasteiger partial charge in [-0.1, -0.05) is 11.6 Å². The molecule has 3 rings (SSSR count). The molecule has 1 saturated heterocycles. The highest BCUT2D eigenvalue weighted by molar-refractivity contribution is 6.30. The van der Waals surface area contributed by atoms with E-state index >= 15 is 0 Å². The average molecular weight is 330 g/mol. The molecule has 118 valence electrons. The largest absolute Gasteiger partial charge is 0.350 e. The van der Waals surface area contributed by atoms with Crippen molar-refractivity contribution in [2.75, 3.05) is 4.90 Å². The summed E-state index contributed by atoms with van der Waals surface area (Å²) < 4.78 is 0. The number of hydrogen-bond acceptors (Lipinski definition) is 3. The van der Waals surface area contributed by atoms with Crippen LogP contribution in [0.4, 0.5) is 5.69 Å². The molecule has 1 fully saturated rings. The first-order valence-electron chi connectivity index (χ1n) is 7.39. The van der Waals surface area contributed by atoms with Gasteiger partial charge >= 0.3 is 0 Å². The van der Waals surface area contributed by atoms with Crippen LogP contribution in [0.15, 0.2) is 48.8 Å². The van der Waals surface area contributed by atoms with Gasteiger partial charge in [-0.25, -0.2) is 0 Å². The van der Waals surface area contributed by atoms with Gasteiger partial charge < -0.3 is 5.32 Å². The summed E-state index contributed by atoms with van der Waals surface area (Å²) in [5.74, 6) is -0.195. The van der Waals surface area contributed by atoms with E-state index in [4.69, 9.17) is 11.6 Å². The predicted octanol–water partition coefficient (Wildman–Crippen LogP) is 2.55. The molecule has 1 unspecified atom stereocenters. The van der Waals surface area contributed by atoms with E-state index in [-0.39, 0.29) is 11.8 Å². The number of hydrogen-bond donors (Lipinski definition) is 1. The van der Waals surface area contributed by atoms with Gasteiger partial charge in [0.15, 0.2) is 0 Å². The third-order valence-electron chi connectivity index (χ3n) is 3.84. The summed E-state index contributed by atoms with van der Waals surface area (Å²) in [5.41, 5.74) is 1.66. The van der Waals surface area contributed by atoms with Crippen molar-refractivity contribution in [3.63, 3.8) is 0 Å². The van der Waals surface area contributed by atoms with E-state index in [0.717, 1.165) is 5.56 Å². The predicted molar refractivity (Wildman–Crippen MR) is 88.0 cm³/mol. The van der Waals surface area contributed by atoms with Gasteiger partial charge in [0.05, 0.1) is 0 Å². The summed E-state index contributed by atoms with van der Waals surface area (Å²) in [4.78, 5) is 30.1. The quantitative estimate of drug-likeness (QED) is 0.937. The van der Waals surface area contributed by atoms with Crippen molar-refractivity contribution < 1.29 is 9.59 Å². The summed E-state index contributed by atoms with van der Waals surface area (Å²) in [5, 5.41) is 3.48. The zero-order valence-corrected chi connectivity index (χ0v) is 13.2. The molecule has 0 radical (unpaired) electrons. The molecule has 0 saturated carbocycles. The summed E-state index contributed by atoms with van der Waals surface area (Å²) in [6, 6.07) is 10.2. The van der Waals surface area contributed by atoms with Crippen LogP contribution in [0.25, 0.3) is 0 Å². The molecule has 2 aromatic rings. The molecule has 23 heavy (non-hydrogen) atoms. The molecule has 0 spiro atoms. The lowest BCUT2D eigenvalue weighted by Crippen LogP contribution is -2.44. The third-order valence-corrected chi connectivity index (χ3v) is 4.09. The number of rotatable bonds is 4. The van der Waals surface area contributed by atoms with Crippen LogP contribution in [0.1, 0.15) is 18.4 Å². The average Bonchev–Trinajstić information content (AvgIpc) is 2.96. The van der Waals surface area contributed by atoms with Crippen LogP contribution in [0.5, 0.6) is 0 Å². The number of carbonyl (C=O) groups is 2. The molecule has 2 amide bonds. The second-order valence-electron chi connectivity index (χ2n) is 5.37. The van der Waals surface area contributed by atoms with E-state index in [2.05, 4.69) is 10.3 Å². The Labute approximate surface area is 139 Å². The molecule has 2 heterocycles. The molecule has 1 aliphatic heterocycles. The van der Waals surface area contributed by atoms with Crippen LogP contribution >= 0.6 is 11.6 Å². The summed E-state index contributed by atoms with van der Waals surface area (Å²) in [6.45, 7) is 0.417. The number of nitrogens with zero attached hydrogens (tertiary/aromatic N) is 2. The number of benzene rings is 1. The first kappa shape index (κ1) is 15.5. The normalized spacial score (nSPS) is 17.3. The Morgan fingerprint density at radius 1 is 1.22 bits per heavy atom. The third kappa shape index (κ3) is 3.51. The van der Waals surface area contributed by atoms with Crippen molar-refractivity contribution in [1.29, 1.82) is 0 Å². The maximum Gasteiger partial charge on any atom is 0.243 e. The lowest BCUT2D eigenvalue weighted by Gasteiger charge is -2.24. The van der Waals surface area contributed by atoms with Crippen LogP contribution in [-0.4, -0.2) is 22.8 Å². The molecule has 6 heteroatoms. The van der Waals surface area contributed by atoms with Gasteiger partial charge in [-0.3, -0.25) is 19.5 Å². The second-order valence-corrected chi connectivity index (χ2v) is 5.80. The van der Waals surface area contributed by atoms with Crippen molar-refractivity contribution in [2.24, 2.45) is 0 Å². The number of aromatic nitrogens is 1. The van der Waals surface area contributed by atoms with Gasteiger partial charge in [0.2, 0.25) is 11.8 Å². The number of halogens is 1. The molecular formula is C17H16ClN3O2. The monoisotopic (exact) mass is 329 g/mol.